The Morgan fingerprint density at radius 3 is 2.94 bits per heavy atom. The zero-order valence-electron chi connectivity index (χ0n) is 9.47. The number of carbonyl (C=O) groups excluding carboxylic acids is 2. The quantitative estimate of drug-likeness (QED) is 0.876. The highest BCUT2D eigenvalue weighted by Gasteiger charge is 2.18. The molecule has 6 heteroatoms. The molecule has 1 aliphatic heterocycles. The van der Waals surface area contributed by atoms with Gasteiger partial charge in [-0.1, -0.05) is 0 Å². The van der Waals surface area contributed by atoms with Crippen LogP contribution in [-0.4, -0.2) is 36.1 Å². The summed E-state index contributed by atoms with van der Waals surface area (Å²) in [4.78, 5) is 28.0. The lowest BCUT2D eigenvalue weighted by atomic mass is 10.2. The van der Waals surface area contributed by atoms with Gasteiger partial charge in [0.25, 0.3) is 0 Å². The Morgan fingerprint density at radius 2 is 2.29 bits per heavy atom. The Labute approximate surface area is 103 Å². The molecule has 0 aliphatic carbocycles. The maximum Gasteiger partial charge on any atom is 0.347 e. The van der Waals surface area contributed by atoms with E-state index in [1.807, 2.05) is 17.3 Å². The van der Waals surface area contributed by atoms with E-state index in [1.54, 1.807) is 11.3 Å². The molecule has 0 unspecified atom stereocenters. The summed E-state index contributed by atoms with van der Waals surface area (Å²) >= 11 is 1.65. The fraction of sp³-hybridized carbons (Fsp3) is 0.364. The van der Waals surface area contributed by atoms with Gasteiger partial charge in [-0.2, -0.15) is 11.3 Å². The zero-order chi connectivity index (χ0) is 12.3. The molecule has 2 heterocycles. The van der Waals surface area contributed by atoms with Crippen molar-refractivity contribution in [3.8, 4) is 0 Å². The Bertz CT molecular complexity index is 453. The van der Waals surface area contributed by atoms with Crippen LogP contribution in [0.1, 0.15) is 12.0 Å². The SMILES string of the molecule is CN(CC1=NC(=O)NC(=O)C1)Cc1ccsc1. The first kappa shape index (κ1) is 11.9. The second-order valence-corrected chi connectivity index (χ2v) is 4.79. The molecule has 2 rings (SSSR count). The van der Waals surface area contributed by atoms with Crippen LogP contribution in [0, 0.1) is 0 Å². The summed E-state index contributed by atoms with van der Waals surface area (Å²) in [5.74, 6) is -0.274. The molecule has 1 aromatic rings. The highest BCUT2D eigenvalue weighted by molar-refractivity contribution is 7.07. The van der Waals surface area contributed by atoms with Crippen LogP contribution in [0.5, 0.6) is 0 Å². The molecular weight excluding hydrogens is 238 g/mol. The van der Waals surface area contributed by atoms with E-state index in [2.05, 4.69) is 21.8 Å². The molecule has 17 heavy (non-hydrogen) atoms. The van der Waals surface area contributed by atoms with E-state index in [9.17, 15) is 9.59 Å². The lowest BCUT2D eigenvalue weighted by Gasteiger charge is -2.18. The lowest BCUT2D eigenvalue weighted by molar-refractivity contribution is -0.119. The third-order valence-electron chi connectivity index (χ3n) is 2.36. The number of imide groups is 1. The molecule has 0 atom stereocenters. The van der Waals surface area contributed by atoms with Gasteiger partial charge in [-0.05, 0) is 29.4 Å². The van der Waals surface area contributed by atoms with Crippen molar-refractivity contribution in [3.63, 3.8) is 0 Å². The number of hydrogen-bond donors (Lipinski definition) is 1. The van der Waals surface area contributed by atoms with E-state index < -0.39 is 6.03 Å². The smallest absolute Gasteiger partial charge is 0.297 e. The predicted molar refractivity (Wildman–Crippen MR) is 66.2 cm³/mol. The van der Waals surface area contributed by atoms with Gasteiger partial charge >= 0.3 is 6.03 Å². The molecule has 0 fully saturated rings. The minimum absolute atomic E-state index is 0.208. The van der Waals surface area contributed by atoms with Crippen molar-refractivity contribution in [2.75, 3.05) is 13.6 Å². The molecule has 0 spiro atoms. The summed E-state index contributed by atoms with van der Waals surface area (Å²) in [5.41, 5.74) is 1.85. The standard InChI is InChI=1S/C11H13N3O2S/c1-14(5-8-2-3-17-7-8)6-9-4-10(15)13-11(16)12-9/h2-3,7H,4-6H2,1H3,(H,13,15,16). The number of rotatable bonds is 4. The summed E-state index contributed by atoms with van der Waals surface area (Å²) in [5, 5.41) is 6.25. The van der Waals surface area contributed by atoms with Gasteiger partial charge in [-0.15, -0.1) is 0 Å². The number of thiophene rings is 1. The number of nitrogens with one attached hydrogen (secondary N) is 1. The van der Waals surface area contributed by atoms with E-state index in [0.29, 0.717) is 12.3 Å². The highest BCUT2D eigenvalue weighted by atomic mass is 32.1. The second kappa shape index (κ2) is 5.20. The molecule has 1 aliphatic rings. The molecule has 0 saturated heterocycles. The number of aliphatic imine (C=N–C) groups is 1. The van der Waals surface area contributed by atoms with Crippen LogP contribution in [0.4, 0.5) is 4.79 Å². The average molecular weight is 251 g/mol. The molecule has 1 N–H and O–H groups in total. The van der Waals surface area contributed by atoms with Gasteiger partial charge in [0, 0.05) is 18.8 Å². The molecular formula is C11H13N3O2S. The monoisotopic (exact) mass is 251 g/mol. The van der Waals surface area contributed by atoms with Gasteiger partial charge in [-0.25, -0.2) is 9.79 Å². The third kappa shape index (κ3) is 3.47. The topological polar surface area (TPSA) is 61.8 Å². The molecule has 3 amide bonds. The van der Waals surface area contributed by atoms with Crippen LogP contribution in [0.25, 0.3) is 0 Å². The van der Waals surface area contributed by atoms with Gasteiger partial charge in [0.2, 0.25) is 5.91 Å². The largest absolute Gasteiger partial charge is 0.347 e. The van der Waals surface area contributed by atoms with Crippen LogP contribution in [0.3, 0.4) is 0 Å². The van der Waals surface area contributed by atoms with Gasteiger partial charge in [-0.3, -0.25) is 15.0 Å². The molecule has 0 radical (unpaired) electrons. The van der Waals surface area contributed by atoms with Crippen LogP contribution in [0.2, 0.25) is 0 Å². The number of hydrogen-bond acceptors (Lipinski definition) is 4. The van der Waals surface area contributed by atoms with Crippen molar-refractivity contribution < 1.29 is 9.59 Å². The summed E-state index contributed by atoms with van der Waals surface area (Å²) in [6.45, 7) is 1.33. The third-order valence-corrected chi connectivity index (χ3v) is 3.09. The van der Waals surface area contributed by atoms with E-state index >= 15 is 0 Å². The molecule has 0 bridgehead atoms. The average Bonchev–Trinajstić information content (AvgIpc) is 2.67. The van der Waals surface area contributed by atoms with Crippen molar-refractivity contribution in [2.24, 2.45) is 4.99 Å². The van der Waals surface area contributed by atoms with Gasteiger partial charge in [0.1, 0.15) is 0 Å². The van der Waals surface area contributed by atoms with E-state index in [0.717, 1.165) is 6.54 Å². The zero-order valence-corrected chi connectivity index (χ0v) is 10.3. The van der Waals surface area contributed by atoms with Crippen LogP contribution >= 0.6 is 11.3 Å². The summed E-state index contributed by atoms with van der Waals surface area (Å²) in [6.07, 6.45) is 0.208. The molecule has 0 saturated carbocycles. The first-order chi connectivity index (χ1) is 8.13. The highest BCUT2D eigenvalue weighted by Crippen LogP contribution is 2.09. The minimum Gasteiger partial charge on any atom is -0.297 e. The summed E-state index contributed by atoms with van der Waals surface area (Å²) < 4.78 is 0. The predicted octanol–water partition coefficient (Wildman–Crippen LogP) is 1.26. The van der Waals surface area contributed by atoms with Crippen LogP contribution in [0.15, 0.2) is 21.8 Å². The summed E-state index contributed by atoms with van der Waals surface area (Å²) in [7, 11) is 1.94. The second-order valence-electron chi connectivity index (χ2n) is 4.01. The maximum atomic E-state index is 11.2. The molecule has 5 nitrogen and oxygen atoms in total. The first-order valence-corrected chi connectivity index (χ1v) is 6.17. The number of carbonyl (C=O) groups is 2. The number of nitrogens with zero attached hydrogens (tertiary/aromatic N) is 2. The van der Waals surface area contributed by atoms with E-state index in [-0.39, 0.29) is 12.3 Å². The number of amides is 3. The van der Waals surface area contributed by atoms with Crippen molar-refractivity contribution in [1.82, 2.24) is 10.2 Å². The fourth-order valence-corrected chi connectivity index (χ4v) is 2.37. The van der Waals surface area contributed by atoms with Crippen molar-refractivity contribution in [2.45, 2.75) is 13.0 Å². The van der Waals surface area contributed by atoms with E-state index in [1.165, 1.54) is 5.56 Å². The normalized spacial score (nSPS) is 16.0. The fourth-order valence-electron chi connectivity index (χ4n) is 1.71. The van der Waals surface area contributed by atoms with Crippen molar-refractivity contribution in [3.05, 3.63) is 22.4 Å². The molecule has 90 valence electrons. The summed E-state index contributed by atoms with van der Waals surface area (Å²) in [6, 6.07) is 1.50. The Balaban J connectivity index is 1.92. The minimum atomic E-state index is -0.555. The van der Waals surface area contributed by atoms with Crippen LogP contribution < -0.4 is 5.32 Å². The lowest BCUT2D eigenvalue weighted by Crippen LogP contribution is -2.38. The first-order valence-electron chi connectivity index (χ1n) is 5.23. The van der Waals surface area contributed by atoms with Gasteiger partial charge in [0.15, 0.2) is 0 Å². The van der Waals surface area contributed by atoms with E-state index in [4.69, 9.17) is 0 Å². The Hall–Kier alpha value is -1.53. The Kier molecular flexibility index (Phi) is 3.65. The van der Waals surface area contributed by atoms with Gasteiger partial charge < -0.3 is 0 Å². The van der Waals surface area contributed by atoms with Crippen LogP contribution in [-0.2, 0) is 11.3 Å². The molecule has 0 aromatic carbocycles. The van der Waals surface area contributed by atoms with Gasteiger partial charge in [0.05, 0.1) is 6.42 Å². The molecule has 1 aromatic heterocycles. The van der Waals surface area contributed by atoms with Crippen molar-refractivity contribution in [1.29, 1.82) is 0 Å². The number of urea groups is 1. The van der Waals surface area contributed by atoms with Crippen molar-refractivity contribution >= 4 is 29.0 Å². The maximum absolute atomic E-state index is 11.2. The Morgan fingerprint density at radius 1 is 1.47 bits per heavy atom.